The van der Waals surface area contributed by atoms with Crippen molar-refractivity contribution in [2.45, 2.75) is 71.4 Å². The number of hydrogen-bond donors (Lipinski definition) is 1. The lowest BCUT2D eigenvalue weighted by Crippen LogP contribution is -2.26. The van der Waals surface area contributed by atoms with Crippen molar-refractivity contribution in [2.75, 3.05) is 13.2 Å². The Hall–Kier alpha value is -1.36. The predicted octanol–water partition coefficient (Wildman–Crippen LogP) is 3.07. The number of amides is 1. The van der Waals surface area contributed by atoms with Crippen LogP contribution in [0.2, 0.25) is 0 Å². The molecule has 0 bridgehead atoms. The Morgan fingerprint density at radius 3 is 2.91 bits per heavy atom. The third kappa shape index (κ3) is 5.13. The van der Waals surface area contributed by atoms with E-state index >= 15 is 0 Å². The van der Waals surface area contributed by atoms with Crippen LogP contribution in [0.1, 0.15) is 67.9 Å². The van der Waals surface area contributed by atoms with E-state index in [1.807, 2.05) is 17.8 Å². The monoisotopic (exact) mass is 307 g/mol. The summed E-state index contributed by atoms with van der Waals surface area (Å²) in [5.74, 6) is -0.0301. The average molecular weight is 307 g/mol. The van der Waals surface area contributed by atoms with Gasteiger partial charge in [0.05, 0.1) is 17.4 Å². The molecule has 22 heavy (non-hydrogen) atoms. The third-order valence-electron chi connectivity index (χ3n) is 4.16. The molecule has 1 N–H and O–H groups in total. The zero-order chi connectivity index (χ0) is 15.8. The van der Waals surface area contributed by atoms with Crippen LogP contribution < -0.4 is 5.32 Å². The van der Waals surface area contributed by atoms with E-state index in [0.29, 0.717) is 18.2 Å². The van der Waals surface area contributed by atoms with Gasteiger partial charge in [-0.3, -0.25) is 9.48 Å². The molecule has 1 fully saturated rings. The van der Waals surface area contributed by atoms with E-state index in [0.717, 1.165) is 31.7 Å². The number of aryl methyl sites for hydroxylation is 2. The van der Waals surface area contributed by atoms with Crippen LogP contribution in [0.25, 0.3) is 0 Å². The maximum atomic E-state index is 12.1. The first-order chi connectivity index (χ1) is 10.7. The standard InChI is InChI=1S/C17H29N3O2/c1-3-11-20-13-16(14(2)19-20)17(21)18-10-7-12-22-15-8-5-4-6-9-15/h13,15H,3-12H2,1-2H3,(H,18,21). The lowest BCUT2D eigenvalue weighted by atomic mass is 9.98. The van der Waals surface area contributed by atoms with E-state index in [4.69, 9.17) is 4.74 Å². The molecule has 2 rings (SSSR count). The molecule has 1 amide bonds. The van der Waals surface area contributed by atoms with Crippen LogP contribution in [0.3, 0.4) is 0 Å². The Labute approximate surface area is 133 Å². The van der Waals surface area contributed by atoms with Gasteiger partial charge in [-0.1, -0.05) is 26.2 Å². The maximum absolute atomic E-state index is 12.1. The molecular weight excluding hydrogens is 278 g/mol. The second kappa shape index (κ2) is 8.93. The lowest BCUT2D eigenvalue weighted by molar-refractivity contribution is 0.0273. The molecule has 1 aliphatic rings. The van der Waals surface area contributed by atoms with Gasteiger partial charge in [-0.25, -0.2) is 0 Å². The maximum Gasteiger partial charge on any atom is 0.254 e. The normalized spacial score (nSPS) is 15.9. The van der Waals surface area contributed by atoms with Crippen molar-refractivity contribution in [2.24, 2.45) is 0 Å². The summed E-state index contributed by atoms with van der Waals surface area (Å²) in [4.78, 5) is 12.1. The Morgan fingerprint density at radius 1 is 1.41 bits per heavy atom. The first-order valence-corrected chi connectivity index (χ1v) is 8.64. The summed E-state index contributed by atoms with van der Waals surface area (Å²) >= 11 is 0. The van der Waals surface area contributed by atoms with E-state index in [1.54, 1.807) is 0 Å². The Kier molecular flexibility index (Phi) is 6.90. The fourth-order valence-electron chi connectivity index (χ4n) is 2.94. The Morgan fingerprint density at radius 2 is 2.18 bits per heavy atom. The van der Waals surface area contributed by atoms with E-state index in [1.165, 1.54) is 32.1 Å². The summed E-state index contributed by atoms with van der Waals surface area (Å²) in [7, 11) is 0. The first-order valence-electron chi connectivity index (χ1n) is 8.64. The summed E-state index contributed by atoms with van der Waals surface area (Å²) in [6.45, 7) is 6.22. The predicted molar refractivity (Wildman–Crippen MR) is 87.0 cm³/mol. The Balaban J connectivity index is 1.64. The number of ether oxygens (including phenoxy) is 1. The summed E-state index contributed by atoms with van der Waals surface area (Å²) in [5, 5.41) is 7.32. The molecule has 5 nitrogen and oxygen atoms in total. The largest absolute Gasteiger partial charge is 0.378 e. The zero-order valence-electron chi connectivity index (χ0n) is 13.9. The van der Waals surface area contributed by atoms with Gasteiger partial charge in [-0.2, -0.15) is 5.10 Å². The van der Waals surface area contributed by atoms with Gasteiger partial charge in [-0.15, -0.1) is 0 Å². The molecule has 1 saturated carbocycles. The second-order valence-corrected chi connectivity index (χ2v) is 6.13. The highest BCUT2D eigenvalue weighted by atomic mass is 16.5. The smallest absolute Gasteiger partial charge is 0.254 e. The van der Waals surface area contributed by atoms with E-state index < -0.39 is 0 Å². The van der Waals surface area contributed by atoms with Crippen molar-refractivity contribution < 1.29 is 9.53 Å². The SMILES string of the molecule is CCCn1cc(C(=O)NCCCOC2CCCCC2)c(C)n1. The summed E-state index contributed by atoms with van der Waals surface area (Å²) in [6.07, 6.45) is 10.5. The molecule has 124 valence electrons. The van der Waals surface area contributed by atoms with Crippen LogP contribution >= 0.6 is 0 Å². The second-order valence-electron chi connectivity index (χ2n) is 6.13. The molecule has 0 aliphatic heterocycles. The van der Waals surface area contributed by atoms with Crippen LogP contribution in [0, 0.1) is 6.92 Å². The van der Waals surface area contributed by atoms with Crippen LogP contribution in [0.5, 0.6) is 0 Å². The summed E-state index contributed by atoms with van der Waals surface area (Å²) in [5.41, 5.74) is 1.48. The number of hydrogen-bond acceptors (Lipinski definition) is 3. The fourth-order valence-corrected chi connectivity index (χ4v) is 2.94. The highest BCUT2D eigenvalue weighted by molar-refractivity contribution is 5.94. The highest BCUT2D eigenvalue weighted by Gasteiger charge is 2.14. The topological polar surface area (TPSA) is 56.2 Å². The van der Waals surface area contributed by atoms with Crippen LogP contribution in [-0.2, 0) is 11.3 Å². The van der Waals surface area contributed by atoms with Crippen molar-refractivity contribution in [3.63, 3.8) is 0 Å². The summed E-state index contributed by atoms with van der Waals surface area (Å²) < 4.78 is 7.71. The van der Waals surface area contributed by atoms with Crippen molar-refractivity contribution in [1.29, 1.82) is 0 Å². The average Bonchev–Trinajstić information content (AvgIpc) is 2.89. The number of rotatable bonds is 8. The van der Waals surface area contributed by atoms with Crippen molar-refractivity contribution in [1.82, 2.24) is 15.1 Å². The fraction of sp³-hybridized carbons (Fsp3) is 0.765. The molecular formula is C17H29N3O2. The Bertz CT molecular complexity index is 464. The van der Waals surface area contributed by atoms with Crippen LogP contribution in [-0.4, -0.2) is 34.9 Å². The number of nitrogens with one attached hydrogen (secondary N) is 1. The quantitative estimate of drug-likeness (QED) is 0.751. The molecule has 0 saturated heterocycles. The minimum Gasteiger partial charge on any atom is -0.378 e. The molecule has 5 heteroatoms. The minimum atomic E-state index is -0.0301. The van der Waals surface area contributed by atoms with Crippen LogP contribution in [0.4, 0.5) is 0 Å². The molecule has 0 unspecified atom stereocenters. The van der Waals surface area contributed by atoms with Gasteiger partial charge in [-0.05, 0) is 32.6 Å². The number of aromatic nitrogens is 2. The molecule has 1 aliphatic carbocycles. The van der Waals surface area contributed by atoms with Gasteiger partial charge in [0.15, 0.2) is 0 Å². The third-order valence-corrected chi connectivity index (χ3v) is 4.16. The number of carbonyl (C=O) groups excluding carboxylic acids is 1. The van der Waals surface area contributed by atoms with Gasteiger partial charge >= 0.3 is 0 Å². The lowest BCUT2D eigenvalue weighted by Gasteiger charge is -2.21. The number of carbonyl (C=O) groups is 1. The van der Waals surface area contributed by atoms with Gasteiger partial charge in [0.25, 0.3) is 5.91 Å². The van der Waals surface area contributed by atoms with Crippen LogP contribution in [0.15, 0.2) is 6.20 Å². The van der Waals surface area contributed by atoms with Crippen molar-refractivity contribution in [3.05, 3.63) is 17.5 Å². The van der Waals surface area contributed by atoms with E-state index in [-0.39, 0.29) is 5.91 Å². The number of nitrogens with zero attached hydrogens (tertiary/aromatic N) is 2. The van der Waals surface area contributed by atoms with E-state index in [2.05, 4.69) is 17.3 Å². The zero-order valence-corrected chi connectivity index (χ0v) is 13.9. The minimum absolute atomic E-state index is 0.0301. The summed E-state index contributed by atoms with van der Waals surface area (Å²) in [6, 6.07) is 0. The van der Waals surface area contributed by atoms with Gasteiger partial charge in [0.1, 0.15) is 0 Å². The van der Waals surface area contributed by atoms with Gasteiger partial charge in [0, 0.05) is 25.9 Å². The highest BCUT2D eigenvalue weighted by Crippen LogP contribution is 2.20. The molecule has 0 radical (unpaired) electrons. The molecule has 1 heterocycles. The first kappa shape index (κ1) is 17.0. The molecule has 0 spiro atoms. The van der Waals surface area contributed by atoms with Crippen molar-refractivity contribution >= 4 is 5.91 Å². The molecule has 1 aromatic rings. The molecule has 0 atom stereocenters. The van der Waals surface area contributed by atoms with Crippen molar-refractivity contribution in [3.8, 4) is 0 Å². The molecule has 1 aromatic heterocycles. The van der Waals surface area contributed by atoms with Gasteiger partial charge < -0.3 is 10.1 Å². The molecule has 0 aromatic carbocycles. The van der Waals surface area contributed by atoms with Gasteiger partial charge in [0.2, 0.25) is 0 Å². The van der Waals surface area contributed by atoms with E-state index in [9.17, 15) is 4.79 Å².